The van der Waals surface area contributed by atoms with Crippen molar-refractivity contribution in [1.29, 1.82) is 0 Å². The summed E-state index contributed by atoms with van der Waals surface area (Å²) >= 11 is 0. The summed E-state index contributed by atoms with van der Waals surface area (Å²) in [5.74, 6) is 0.728. The Kier molecular flexibility index (Phi) is 7.84. The van der Waals surface area contributed by atoms with E-state index in [0.29, 0.717) is 25.1 Å². The van der Waals surface area contributed by atoms with Gasteiger partial charge in [0.2, 0.25) is 5.91 Å². The van der Waals surface area contributed by atoms with Crippen LogP contribution in [-0.2, 0) is 24.3 Å². The molecule has 0 unspecified atom stereocenters. The number of hydrogen-bond donors (Lipinski definition) is 1. The molecule has 1 N–H and O–H groups in total. The molecule has 0 saturated heterocycles. The van der Waals surface area contributed by atoms with Gasteiger partial charge in [0, 0.05) is 31.1 Å². The molecule has 4 rings (SSSR count). The molecule has 0 saturated carbocycles. The highest BCUT2D eigenvalue weighted by Gasteiger charge is 2.21. The molecule has 0 atom stereocenters. The highest BCUT2D eigenvalue weighted by molar-refractivity contribution is 5.95. The number of nitrogens with one attached hydrogen (secondary N) is 1. The minimum atomic E-state index is -0.0971. The Morgan fingerprint density at radius 2 is 1.69 bits per heavy atom. The summed E-state index contributed by atoms with van der Waals surface area (Å²) in [5.41, 5.74) is 5.63. The number of fused-ring (bicyclic) bond motifs is 1. The van der Waals surface area contributed by atoms with E-state index >= 15 is 0 Å². The number of para-hydroxylation sites is 2. The number of nitrogens with zero attached hydrogens (tertiary/aromatic N) is 3. The van der Waals surface area contributed by atoms with Crippen LogP contribution >= 0.6 is 0 Å². The van der Waals surface area contributed by atoms with E-state index in [1.165, 1.54) is 0 Å². The zero-order valence-electron chi connectivity index (χ0n) is 21.5. The Labute approximate surface area is 213 Å². The topological polar surface area (TPSA) is 67.2 Å². The van der Waals surface area contributed by atoms with Crippen molar-refractivity contribution in [3.8, 4) is 0 Å². The second kappa shape index (κ2) is 11.2. The summed E-state index contributed by atoms with van der Waals surface area (Å²) in [6, 6.07) is 23.8. The molecular formula is C30H34N4O2. The summed E-state index contributed by atoms with van der Waals surface area (Å²) in [7, 11) is 0. The van der Waals surface area contributed by atoms with Gasteiger partial charge in [0.25, 0.3) is 5.91 Å². The van der Waals surface area contributed by atoms with Gasteiger partial charge in [0.15, 0.2) is 0 Å². The van der Waals surface area contributed by atoms with Gasteiger partial charge in [-0.1, -0.05) is 60.2 Å². The molecule has 0 spiro atoms. The first-order chi connectivity index (χ1) is 17.3. The molecule has 1 heterocycles. The first kappa shape index (κ1) is 25.2. The van der Waals surface area contributed by atoms with Crippen LogP contribution in [-0.4, -0.2) is 38.9 Å². The van der Waals surface area contributed by atoms with Gasteiger partial charge in [-0.05, 0) is 57.0 Å². The number of hydrogen-bond acceptors (Lipinski definition) is 3. The highest BCUT2D eigenvalue weighted by atomic mass is 16.2. The van der Waals surface area contributed by atoms with Crippen LogP contribution in [0.25, 0.3) is 11.0 Å². The van der Waals surface area contributed by atoms with Crippen LogP contribution in [0.2, 0.25) is 0 Å². The molecule has 4 aromatic rings. The van der Waals surface area contributed by atoms with Gasteiger partial charge in [-0.2, -0.15) is 0 Å². The van der Waals surface area contributed by atoms with Crippen LogP contribution < -0.4 is 5.32 Å². The van der Waals surface area contributed by atoms with Crippen molar-refractivity contribution in [3.63, 3.8) is 0 Å². The average molecular weight is 483 g/mol. The minimum Gasteiger partial charge on any atom is -0.352 e. The van der Waals surface area contributed by atoms with Crippen LogP contribution in [0, 0.1) is 13.8 Å². The predicted molar refractivity (Wildman–Crippen MR) is 144 cm³/mol. The van der Waals surface area contributed by atoms with Crippen molar-refractivity contribution < 1.29 is 9.59 Å². The molecule has 0 radical (unpaired) electrons. The van der Waals surface area contributed by atoms with Crippen molar-refractivity contribution in [3.05, 3.63) is 101 Å². The van der Waals surface area contributed by atoms with Crippen molar-refractivity contribution in [2.75, 3.05) is 6.54 Å². The Balaban J connectivity index is 1.51. The Morgan fingerprint density at radius 1 is 0.972 bits per heavy atom. The fraction of sp³-hybridized carbons (Fsp3) is 0.300. The number of carbonyl (C=O) groups is 2. The van der Waals surface area contributed by atoms with E-state index in [1.54, 1.807) is 0 Å². The number of amides is 2. The Bertz CT molecular complexity index is 1360. The lowest BCUT2D eigenvalue weighted by Gasteiger charge is -2.27. The summed E-state index contributed by atoms with van der Waals surface area (Å²) in [4.78, 5) is 32.9. The van der Waals surface area contributed by atoms with E-state index in [4.69, 9.17) is 4.98 Å². The molecule has 36 heavy (non-hydrogen) atoms. The summed E-state index contributed by atoms with van der Waals surface area (Å²) in [5, 5.41) is 3.02. The maximum absolute atomic E-state index is 13.5. The van der Waals surface area contributed by atoms with E-state index in [1.807, 2.05) is 110 Å². The first-order valence-corrected chi connectivity index (χ1v) is 12.5. The van der Waals surface area contributed by atoms with Gasteiger partial charge >= 0.3 is 0 Å². The molecule has 1 aromatic heterocycles. The summed E-state index contributed by atoms with van der Waals surface area (Å²) < 4.78 is 1.99. The van der Waals surface area contributed by atoms with Gasteiger partial charge in [0.05, 0.1) is 11.0 Å². The van der Waals surface area contributed by atoms with E-state index in [0.717, 1.165) is 33.5 Å². The fourth-order valence-corrected chi connectivity index (χ4v) is 4.51. The smallest absolute Gasteiger partial charge is 0.251 e. The van der Waals surface area contributed by atoms with Gasteiger partial charge in [-0.3, -0.25) is 9.59 Å². The molecular weight excluding hydrogens is 448 g/mol. The molecule has 2 amide bonds. The van der Waals surface area contributed by atoms with E-state index < -0.39 is 0 Å². The molecule has 0 aliphatic rings. The summed E-state index contributed by atoms with van der Waals surface area (Å²) in [6.45, 7) is 9.23. The third-order valence-corrected chi connectivity index (χ3v) is 6.43. The lowest BCUT2D eigenvalue weighted by atomic mass is 10.1. The number of aryl methyl sites for hydroxylation is 2. The number of aromatic nitrogens is 2. The van der Waals surface area contributed by atoms with Crippen LogP contribution in [0.15, 0.2) is 72.8 Å². The van der Waals surface area contributed by atoms with E-state index in [9.17, 15) is 9.59 Å². The van der Waals surface area contributed by atoms with Crippen molar-refractivity contribution in [2.24, 2.45) is 0 Å². The predicted octanol–water partition coefficient (Wildman–Crippen LogP) is 5.06. The lowest BCUT2D eigenvalue weighted by molar-refractivity contribution is -0.134. The summed E-state index contributed by atoms with van der Waals surface area (Å²) in [6.07, 6.45) is 0.527. The zero-order valence-corrected chi connectivity index (χ0v) is 21.5. The maximum atomic E-state index is 13.5. The standard InChI is InChI=1S/C30H34N4O2/c1-21(2)33(19-24-10-6-5-7-11-24)29(35)20-34-27-13-9-8-12-26(27)32-28(34)16-17-31-30(36)25-15-14-22(3)18-23(25)4/h5-15,18,21H,16-17,19-20H2,1-4H3,(H,31,36). The first-order valence-electron chi connectivity index (χ1n) is 12.5. The quantitative estimate of drug-likeness (QED) is 0.362. The largest absolute Gasteiger partial charge is 0.352 e. The normalized spacial score (nSPS) is 11.1. The molecule has 0 aliphatic heterocycles. The third kappa shape index (κ3) is 5.82. The van der Waals surface area contributed by atoms with Gasteiger partial charge in [-0.25, -0.2) is 4.98 Å². The second-order valence-corrected chi connectivity index (χ2v) is 9.53. The maximum Gasteiger partial charge on any atom is 0.251 e. The second-order valence-electron chi connectivity index (χ2n) is 9.53. The van der Waals surface area contributed by atoms with Gasteiger partial charge < -0.3 is 14.8 Å². The molecule has 0 fully saturated rings. The van der Waals surface area contributed by atoms with Gasteiger partial charge in [-0.15, -0.1) is 0 Å². The van der Waals surface area contributed by atoms with Crippen LogP contribution in [0.4, 0.5) is 0 Å². The van der Waals surface area contributed by atoms with Crippen molar-refractivity contribution in [2.45, 2.75) is 53.2 Å². The Morgan fingerprint density at radius 3 is 2.42 bits per heavy atom. The van der Waals surface area contributed by atoms with Crippen LogP contribution in [0.3, 0.4) is 0 Å². The lowest BCUT2D eigenvalue weighted by Crippen LogP contribution is -2.39. The van der Waals surface area contributed by atoms with Gasteiger partial charge in [0.1, 0.15) is 12.4 Å². The molecule has 3 aromatic carbocycles. The molecule has 0 bridgehead atoms. The number of imidazole rings is 1. The monoisotopic (exact) mass is 482 g/mol. The molecule has 186 valence electrons. The van der Waals surface area contributed by atoms with E-state index in [-0.39, 0.29) is 24.4 Å². The van der Waals surface area contributed by atoms with Crippen LogP contribution in [0.5, 0.6) is 0 Å². The average Bonchev–Trinajstić information content (AvgIpc) is 3.20. The SMILES string of the molecule is Cc1ccc(C(=O)NCCc2nc3ccccc3n2CC(=O)N(Cc2ccccc2)C(C)C)c(C)c1. The van der Waals surface area contributed by atoms with E-state index in [2.05, 4.69) is 5.32 Å². The number of benzene rings is 3. The highest BCUT2D eigenvalue weighted by Crippen LogP contribution is 2.18. The third-order valence-electron chi connectivity index (χ3n) is 6.43. The molecule has 0 aliphatic carbocycles. The molecule has 6 heteroatoms. The Hall–Kier alpha value is -3.93. The molecule has 6 nitrogen and oxygen atoms in total. The minimum absolute atomic E-state index is 0.0394. The zero-order chi connectivity index (χ0) is 25.7. The van der Waals surface area contributed by atoms with Crippen molar-refractivity contribution in [1.82, 2.24) is 19.8 Å². The number of carbonyl (C=O) groups excluding carboxylic acids is 2. The van der Waals surface area contributed by atoms with Crippen molar-refractivity contribution >= 4 is 22.8 Å². The van der Waals surface area contributed by atoms with Crippen LogP contribution in [0.1, 0.15) is 46.7 Å². The fourth-order valence-electron chi connectivity index (χ4n) is 4.51. The number of rotatable bonds is 9.